The van der Waals surface area contributed by atoms with Crippen molar-refractivity contribution >= 4 is 18.3 Å². The minimum absolute atomic E-state index is 0. The number of amides is 1. The van der Waals surface area contributed by atoms with Gasteiger partial charge < -0.3 is 19.9 Å². The molecule has 0 unspecified atom stereocenters. The second kappa shape index (κ2) is 11.3. The summed E-state index contributed by atoms with van der Waals surface area (Å²) in [6, 6.07) is 12.7. The Labute approximate surface area is 174 Å². The number of aromatic nitrogens is 2. The maximum atomic E-state index is 13.0. The highest BCUT2D eigenvalue weighted by Gasteiger charge is 2.12. The van der Waals surface area contributed by atoms with Crippen molar-refractivity contribution in [1.82, 2.24) is 20.8 Å². The molecular formula is C20H22ClFN4O3. The first kappa shape index (κ1) is 22.5. The van der Waals surface area contributed by atoms with Crippen molar-refractivity contribution in [3.05, 3.63) is 59.9 Å². The van der Waals surface area contributed by atoms with Gasteiger partial charge in [0.1, 0.15) is 5.82 Å². The maximum Gasteiger partial charge on any atom is 0.258 e. The van der Waals surface area contributed by atoms with Crippen LogP contribution in [0.3, 0.4) is 0 Å². The number of carbonyl (C=O) groups excluding carboxylic acids is 1. The van der Waals surface area contributed by atoms with Crippen molar-refractivity contribution in [1.29, 1.82) is 0 Å². The number of benzene rings is 2. The Morgan fingerprint density at radius 2 is 1.72 bits per heavy atom. The molecule has 0 aliphatic rings. The van der Waals surface area contributed by atoms with Crippen LogP contribution in [0.25, 0.3) is 22.8 Å². The first-order chi connectivity index (χ1) is 13.7. The normalized spacial score (nSPS) is 10.4. The average molecular weight is 421 g/mol. The zero-order valence-electron chi connectivity index (χ0n) is 15.9. The lowest BCUT2D eigenvalue weighted by Crippen LogP contribution is -2.33. The molecule has 0 saturated heterocycles. The Hall–Kier alpha value is -2.81. The number of rotatable bonds is 9. The number of ether oxygens (including phenoxy) is 1. The molecule has 1 aromatic heterocycles. The molecule has 0 radical (unpaired) electrons. The van der Waals surface area contributed by atoms with Crippen LogP contribution in [0.4, 0.5) is 4.39 Å². The average Bonchev–Trinajstić information content (AvgIpc) is 3.21. The molecule has 1 heterocycles. The molecule has 0 bridgehead atoms. The molecule has 154 valence electrons. The summed E-state index contributed by atoms with van der Waals surface area (Å²) in [5, 5.41) is 9.94. The molecule has 9 heteroatoms. The van der Waals surface area contributed by atoms with E-state index in [0.717, 1.165) is 12.1 Å². The highest BCUT2D eigenvalue weighted by Crippen LogP contribution is 2.22. The zero-order chi connectivity index (χ0) is 19.8. The number of hydrogen-bond donors (Lipinski definition) is 2. The van der Waals surface area contributed by atoms with Gasteiger partial charge in [-0.25, -0.2) is 4.39 Å². The SMILES string of the molecule is COCCNCCNC(=O)c1ccc(-c2noc(-c3ccc(F)cc3)n2)cc1.Cl. The third-order valence-electron chi connectivity index (χ3n) is 3.99. The van der Waals surface area contributed by atoms with Crippen LogP contribution in [0.1, 0.15) is 10.4 Å². The van der Waals surface area contributed by atoms with Gasteiger partial charge in [0.05, 0.1) is 6.61 Å². The fraction of sp³-hybridized carbons (Fsp3) is 0.250. The fourth-order valence-corrected chi connectivity index (χ4v) is 2.49. The summed E-state index contributed by atoms with van der Waals surface area (Å²) >= 11 is 0. The lowest BCUT2D eigenvalue weighted by Gasteiger charge is -2.07. The smallest absolute Gasteiger partial charge is 0.258 e. The summed E-state index contributed by atoms with van der Waals surface area (Å²) in [7, 11) is 1.64. The zero-order valence-corrected chi connectivity index (χ0v) is 16.7. The Balaban J connectivity index is 0.00000300. The summed E-state index contributed by atoms with van der Waals surface area (Å²) in [5.74, 6) is 0.217. The molecule has 1 amide bonds. The Kier molecular flexibility index (Phi) is 8.72. The molecule has 0 saturated carbocycles. The summed E-state index contributed by atoms with van der Waals surface area (Å²) in [6.45, 7) is 2.57. The second-order valence-corrected chi connectivity index (χ2v) is 6.01. The number of carbonyl (C=O) groups is 1. The molecule has 2 aromatic carbocycles. The van der Waals surface area contributed by atoms with Crippen molar-refractivity contribution in [3.8, 4) is 22.8 Å². The van der Waals surface area contributed by atoms with Crippen molar-refractivity contribution < 1.29 is 18.4 Å². The van der Waals surface area contributed by atoms with E-state index in [2.05, 4.69) is 20.8 Å². The van der Waals surface area contributed by atoms with Crippen LogP contribution in [0.5, 0.6) is 0 Å². The van der Waals surface area contributed by atoms with E-state index >= 15 is 0 Å². The summed E-state index contributed by atoms with van der Waals surface area (Å²) in [6.07, 6.45) is 0. The minimum atomic E-state index is -0.330. The van der Waals surface area contributed by atoms with Crippen molar-refractivity contribution in [3.63, 3.8) is 0 Å². The molecule has 0 atom stereocenters. The van der Waals surface area contributed by atoms with E-state index in [1.54, 1.807) is 43.5 Å². The number of methoxy groups -OCH3 is 1. The number of nitrogens with one attached hydrogen (secondary N) is 2. The molecule has 7 nitrogen and oxygen atoms in total. The van der Waals surface area contributed by atoms with Gasteiger partial charge in [0.25, 0.3) is 11.8 Å². The molecule has 0 spiro atoms. The van der Waals surface area contributed by atoms with Gasteiger partial charge in [-0.1, -0.05) is 17.3 Å². The van der Waals surface area contributed by atoms with Crippen LogP contribution in [-0.2, 0) is 4.74 Å². The predicted molar refractivity (Wildman–Crippen MR) is 109 cm³/mol. The van der Waals surface area contributed by atoms with Gasteiger partial charge in [0.15, 0.2) is 0 Å². The Morgan fingerprint density at radius 3 is 2.41 bits per heavy atom. The number of halogens is 2. The monoisotopic (exact) mass is 420 g/mol. The highest BCUT2D eigenvalue weighted by atomic mass is 35.5. The molecule has 0 aliphatic heterocycles. The van der Waals surface area contributed by atoms with Gasteiger partial charge in [-0.3, -0.25) is 4.79 Å². The van der Waals surface area contributed by atoms with Gasteiger partial charge in [-0.2, -0.15) is 4.98 Å². The molecule has 0 aliphatic carbocycles. The topological polar surface area (TPSA) is 89.3 Å². The van der Waals surface area contributed by atoms with E-state index in [-0.39, 0.29) is 24.1 Å². The van der Waals surface area contributed by atoms with E-state index < -0.39 is 0 Å². The molecule has 3 rings (SSSR count). The van der Waals surface area contributed by atoms with E-state index in [1.165, 1.54) is 12.1 Å². The van der Waals surface area contributed by atoms with Crippen molar-refractivity contribution in [2.75, 3.05) is 33.4 Å². The molecule has 2 N–H and O–H groups in total. The quantitative estimate of drug-likeness (QED) is 0.517. The number of hydrogen-bond acceptors (Lipinski definition) is 6. The third kappa shape index (κ3) is 6.35. The highest BCUT2D eigenvalue weighted by molar-refractivity contribution is 5.94. The van der Waals surface area contributed by atoms with Crippen LogP contribution in [0.15, 0.2) is 53.1 Å². The standard InChI is InChI=1S/C20H21FN4O3.ClH/c1-27-13-12-22-10-11-23-19(26)15-4-2-14(3-5-15)18-24-20(28-25-18)16-6-8-17(21)9-7-16;/h2-9,22H,10-13H2,1H3,(H,23,26);1H. The van der Waals surface area contributed by atoms with Gasteiger partial charge >= 0.3 is 0 Å². The Bertz CT molecular complexity index is 901. The van der Waals surface area contributed by atoms with Gasteiger partial charge in [-0.15, -0.1) is 12.4 Å². The van der Waals surface area contributed by atoms with Gasteiger partial charge in [0, 0.05) is 43.4 Å². The first-order valence-corrected chi connectivity index (χ1v) is 8.85. The molecule has 3 aromatic rings. The predicted octanol–water partition coefficient (Wildman–Crippen LogP) is 2.93. The second-order valence-electron chi connectivity index (χ2n) is 6.01. The Morgan fingerprint density at radius 1 is 1.03 bits per heavy atom. The summed E-state index contributed by atoms with van der Waals surface area (Å²) in [5.41, 5.74) is 1.90. The maximum absolute atomic E-state index is 13.0. The number of nitrogens with zero attached hydrogens (tertiary/aromatic N) is 2. The van der Waals surface area contributed by atoms with E-state index in [1.807, 2.05) is 0 Å². The lowest BCUT2D eigenvalue weighted by atomic mass is 10.1. The van der Waals surface area contributed by atoms with E-state index in [4.69, 9.17) is 9.26 Å². The van der Waals surface area contributed by atoms with Crippen molar-refractivity contribution in [2.24, 2.45) is 0 Å². The van der Waals surface area contributed by atoms with Gasteiger partial charge in [-0.05, 0) is 36.4 Å². The van der Waals surface area contributed by atoms with Gasteiger partial charge in [0.2, 0.25) is 5.82 Å². The molecular weight excluding hydrogens is 399 g/mol. The van der Waals surface area contributed by atoms with Crippen molar-refractivity contribution in [2.45, 2.75) is 0 Å². The minimum Gasteiger partial charge on any atom is -0.383 e. The molecule has 29 heavy (non-hydrogen) atoms. The van der Waals surface area contributed by atoms with Crippen LogP contribution in [0, 0.1) is 5.82 Å². The van der Waals surface area contributed by atoms with Crippen LogP contribution in [0.2, 0.25) is 0 Å². The fourth-order valence-electron chi connectivity index (χ4n) is 2.49. The third-order valence-corrected chi connectivity index (χ3v) is 3.99. The summed E-state index contributed by atoms with van der Waals surface area (Å²) in [4.78, 5) is 16.5. The van der Waals surface area contributed by atoms with Crippen LogP contribution >= 0.6 is 12.4 Å². The summed E-state index contributed by atoms with van der Waals surface area (Å²) < 4.78 is 23.2. The van der Waals surface area contributed by atoms with Crippen LogP contribution < -0.4 is 10.6 Å². The molecule has 0 fully saturated rings. The van der Waals surface area contributed by atoms with E-state index in [0.29, 0.717) is 42.5 Å². The van der Waals surface area contributed by atoms with E-state index in [9.17, 15) is 9.18 Å². The first-order valence-electron chi connectivity index (χ1n) is 8.85. The largest absolute Gasteiger partial charge is 0.383 e. The lowest BCUT2D eigenvalue weighted by molar-refractivity contribution is 0.0953. The van der Waals surface area contributed by atoms with Crippen LogP contribution in [-0.4, -0.2) is 49.4 Å².